The van der Waals surface area contributed by atoms with E-state index in [4.69, 9.17) is 60.1 Å². The Labute approximate surface area is 255 Å². The second-order valence-electron chi connectivity index (χ2n) is 6.40. The van der Waals surface area contributed by atoms with Gasteiger partial charge in [-0.25, -0.2) is 0 Å². The Hall–Kier alpha value is -2.27. The average Bonchev–Trinajstić information content (AvgIpc) is 2.70. The van der Waals surface area contributed by atoms with Gasteiger partial charge in [-0.15, -0.1) is 0 Å². The fourth-order valence-electron chi connectivity index (χ4n) is 1.59. The quantitative estimate of drug-likeness (QED) is 0.143. The Balaban J connectivity index is -0.000000100. The van der Waals surface area contributed by atoms with Crippen molar-refractivity contribution in [2.24, 2.45) is 5.73 Å². The summed E-state index contributed by atoms with van der Waals surface area (Å²) in [4.78, 5) is 50.6. The molecule has 1 aromatic carbocycles. The molecule has 0 fully saturated rings. The van der Waals surface area contributed by atoms with Gasteiger partial charge in [0.05, 0.1) is 6.61 Å². The van der Waals surface area contributed by atoms with Gasteiger partial charge in [-0.05, 0) is 12.5 Å². The van der Waals surface area contributed by atoms with Gasteiger partial charge in [0.1, 0.15) is 0 Å². The first-order chi connectivity index (χ1) is 17.0. The van der Waals surface area contributed by atoms with Crippen molar-refractivity contribution in [3.8, 4) is 0 Å². The van der Waals surface area contributed by atoms with Gasteiger partial charge in [0.25, 0.3) is 29.8 Å². The van der Waals surface area contributed by atoms with Gasteiger partial charge in [-0.2, -0.15) is 5.06 Å². The van der Waals surface area contributed by atoms with E-state index < -0.39 is 29.8 Å². The summed E-state index contributed by atoms with van der Waals surface area (Å²) >= 11 is 0. The maximum absolute atomic E-state index is 9.00. The largest absolute Gasteiger partial charge is 0.481 e. The summed E-state index contributed by atoms with van der Waals surface area (Å²) in [6, 6.07) is 10.3. The molecule has 38 heavy (non-hydrogen) atoms. The molecular formula is C23H43GdN3O11. The maximum atomic E-state index is 9.00. The van der Waals surface area contributed by atoms with Crippen LogP contribution in [0, 0.1) is 39.9 Å². The zero-order valence-corrected chi connectivity index (χ0v) is 25.0. The van der Waals surface area contributed by atoms with Crippen LogP contribution >= 0.6 is 0 Å². The third-order valence-corrected chi connectivity index (χ3v) is 2.37. The second-order valence-corrected chi connectivity index (χ2v) is 6.40. The zero-order valence-electron chi connectivity index (χ0n) is 22.7. The van der Waals surface area contributed by atoms with Crippen LogP contribution in [0.5, 0.6) is 0 Å². The molecule has 0 saturated heterocycles. The molecule has 0 atom stereocenters. The van der Waals surface area contributed by atoms with E-state index in [1.807, 2.05) is 30.2 Å². The van der Waals surface area contributed by atoms with Crippen LogP contribution in [0.15, 0.2) is 30.3 Å². The molecule has 0 aliphatic rings. The molecule has 0 spiro atoms. The normalized spacial score (nSPS) is 8.21. The molecule has 8 N–H and O–H groups in total. The van der Waals surface area contributed by atoms with Crippen molar-refractivity contribution in [2.75, 3.05) is 32.8 Å². The fourth-order valence-corrected chi connectivity index (χ4v) is 1.59. The molecule has 0 bridgehead atoms. The number of benzene rings is 1. The molecule has 15 heteroatoms. The third-order valence-electron chi connectivity index (χ3n) is 2.37. The molecule has 0 amide bonds. The van der Waals surface area contributed by atoms with Crippen LogP contribution in [0.3, 0.4) is 0 Å². The van der Waals surface area contributed by atoms with Crippen molar-refractivity contribution in [1.82, 2.24) is 10.4 Å². The Kier molecular flexibility index (Phi) is 50.4. The minimum absolute atomic E-state index is 0. The number of carboxylic acids is 5. The Bertz CT molecular complexity index is 619. The standard InChI is InChI=1S/C13H23N3O.5C2H4O2.Gd/c1-2-17-16(11-10-15-9-8-14)12-13-6-4-3-5-7-13;5*1-2(3)4;/h3-7,15H,2,8-12,14H2,1H3;5*1H3,(H,3,4);. The van der Waals surface area contributed by atoms with Crippen molar-refractivity contribution in [3.05, 3.63) is 35.9 Å². The van der Waals surface area contributed by atoms with Crippen molar-refractivity contribution in [1.29, 1.82) is 0 Å². The van der Waals surface area contributed by atoms with Crippen LogP contribution in [0.25, 0.3) is 0 Å². The zero-order chi connectivity index (χ0) is 30.2. The fraction of sp³-hybridized carbons (Fsp3) is 0.522. The topological polar surface area (TPSA) is 237 Å². The van der Waals surface area contributed by atoms with E-state index in [-0.39, 0.29) is 39.9 Å². The van der Waals surface area contributed by atoms with E-state index in [1.54, 1.807) is 0 Å². The second kappa shape index (κ2) is 39.3. The number of carbonyl (C=O) groups is 5. The summed E-state index contributed by atoms with van der Waals surface area (Å²) in [5.41, 5.74) is 6.68. The summed E-state index contributed by atoms with van der Waals surface area (Å²) < 4.78 is 0. The van der Waals surface area contributed by atoms with E-state index >= 15 is 0 Å². The minimum atomic E-state index is -0.833. The molecule has 0 heterocycles. The molecule has 0 aromatic heterocycles. The van der Waals surface area contributed by atoms with Gasteiger partial charge >= 0.3 is 0 Å². The van der Waals surface area contributed by atoms with Crippen molar-refractivity contribution >= 4 is 29.8 Å². The monoisotopic (exact) mass is 695 g/mol. The molecule has 0 aliphatic heterocycles. The average molecular weight is 695 g/mol. The SMILES string of the molecule is CC(=O)O.CC(=O)O.CC(=O)O.CC(=O)O.CC(=O)O.CCON(CCNCCN)Cc1ccccc1.[Gd]. The van der Waals surface area contributed by atoms with Gasteiger partial charge in [-0.1, -0.05) is 30.3 Å². The van der Waals surface area contributed by atoms with Crippen LogP contribution in [-0.4, -0.2) is 93.2 Å². The molecular weight excluding hydrogens is 652 g/mol. The number of nitrogens with one attached hydrogen (secondary N) is 1. The van der Waals surface area contributed by atoms with Crippen LogP contribution in [0.4, 0.5) is 0 Å². The molecule has 1 rings (SSSR count). The van der Waals surface area contributed by atoms with Crippen LogP contribution in [0.1, 0.15) is 47.1 Å². The molecule has 0 aliphatic carbocycles. The van der Waals surface area contributed by atoms with Gasteiger partial charge in [0, 0.05) is 107 Å². The van der Waals surface area contributed by atoms with Crippen molar-refractivity contribution in [3.63, 3.8) is 0 Å². The van der Waals surface area contributed by atoms with E-state index in [0.717, 1.165) is 60.8 Å². The predicted octanol–water partition coefficient (Wildman–Crippen LogP) is 1.44. The first kappa shape index (κ1) is 48.8. The van der Waals surface area contributed by atoms with Gasteiger partial charge in [0.15, 0.2) is 0 Å². The van der Waals surface area contributed by atoms with Crippen molar-refractivity contribution < 1.29 is 94.3 Å². The van der Waals surface area contributed by atoms with Crippen LogP contribution < -0.4 is 11.1 Å². The summed E-state index contributed by atoms with van der Waals surface area (Å²) in [5, 5.41) is 42.3. The Morgan fingerprint density at radius 1 is 0.763 bits per heavy atom. The van der Waals surface area contributed by atoms with E-state index in [1.165, 1.54) is 5.56 Å². The minimum Gasteiger partial charge on any atom is -0.481 e. The number of hydroxylamine groups is 2. The number of hydrogen-bond donors (Lipinski definition) is 7. The predicted molar refractivity (Wildman–Crippen MR) is 137 cm³/mol. The van der Waals surface area contributed by atoms with Gasteiger partial charge in [0.2, 0.25) is 0 Å². The van der Waals surface area contributed by atoms with Gasteiger partial charge in [-0.3, -0.25) is 28.8 Å². The molecule has 0 radical (unpaired) electrons. The molecule has 0 unspecified atom stereocenters. The summed E-state index contributed by atoms with van der Waals surface area (Å²) in [5.74, 6) is -4.17. The Morgan fingerprint density at radius 2 is 1.11 bits per heavy atom. The Morgan fingerprint density at radius 3 is 1.39 bits per heavy atom. The number of hydrogen-bond acceptors (Lipinski definition) is 9. The molecule has 0 saturated carbocycles. The summed E-state index contributed by atoms with van der Waals surface area (Å²) in [6.07, 6.45) is 0. The molecule has 1 aromatic rings. The maximum Gasteiger partial charge on any atom is 0.300 e. The number of nitrogens with two attached hydrogens (primary N) is 1. The summed E-state index contributed by atoms with van der Waals surface area (Å²) in [7, 11) is 0. The van der Waals surface area contributed by atoms with Gasteiger partial charge < -0.3 is 36.6 Å². The van der Waals surface area contributed by atoms with Crippen molar-refractivity contribution in [2.45, 2.75) is 48.1 Å². The summed E-state index contributed by atoms with van der Waals surface area (Å²) in [6.45, 7) is 12.2. The number of nitrogens with zero attached hydrogens (tertiary/aromatic N) is 1. The van der Waals surface area contributed by atoms with E-state index in [0.29, 0.717) is 13.2 Å². The number of carboxylic acid groups (broad SMARTS) is 5. The third kappa shape index (κ3) is 103. The smallest absolute Gasteiger partial charge is 0.300 e. The van der Waals surface area contributed by atoms with E-state index in [2.05, 4.69) is 17.4 Å². The molecule has 224 valence electrons. The first-order valence-corrected chi connectivity index (χ1v) is 10.8. The number of aliphatic carboxylic acids is 5. The number of rotatable bonds is 9. The van der Waals surface area contributed by atoms with E-state index in [9.17, 15) is 0 Å². The van der Waals surface area contributed by atoms with Crippen LogP contribution in [0.2, 0.25) is 0 Å². The molecule has 14 nitrogen and oxygen atoms in total. The first-order valence-electron chi connectivity index (χ1n) is 10.8. The van der Waals surface area contributed by atoms with Crippen LogP contribution in [-0.2, 0) is 35.4 Å².